The summed E-state index contributed by atoms with van der Waals surface area (Å²) in [6.45, 7) is 4.94. The van der Waals surface area contributed by atoms with Gasteiger partial charge in [-0.3, -0.25) is 0 Å². The normalized spacial score (nSPS) is 10.4. The van der Waals surface area contributed by atoms with E-state index in [2.05, 4.69) is 39.2 Å². The Morgan fingerprint density at radius 2 is 2.19 bits per heavy atom. The van der Waals surface area contributed by atoms with Crippen LogP contribution in [-0.2, 0) is 6.54 Å². The highest BCUT2D eigenvalue weighted by molar-refractivity contribution is 9.10. The Morgan fingerprint density at radius 3 is 2.81 bits per heavy atom. The van der Waals surface area contributed by atoms with Crippen LogP contribution in [0, 0.1) is 13.8 Å². The molecule has 0 spiro atoms. The summed E-state index contributed by atoms with van der Waals surface area (Å²) in [5.74, 6) is 0.933. The van der Waals surface area contributed by atoms with Crippen molar-refractivity contribution < 1.29 is 0 Å². The fourth-order valence-electron chi connectivity index (χ4n) is 1.42. The van der Waals surface area contributed by atoms with Gasteiger partial charge < -0.3 is 5.32 Å². The smallest absolute Gasteiger partial charge is 0.126 e. The van der Waals surface area contributed by atoms with Crippen LogP contribution in [0.1, 0.15) is 15.4 Å². The fourth-order valence-corrected chi connectivity index (χ4v) is 2.97. The van der Waals surface area contributed by atoms with Crippen LogP contribution in [0.5, 0.6) is 0 Å². The van der Waals surface area contributed by atoms with Crippen LogP contribution in [0.15, 0.2) is 28.7 Å². The van der Waals surface area contributed by atoms with Crippen molar-refractivity contribution in [2.24, 2.45) is 0 Å². The molecular formula is C12H13BrN2S. The van der Waals surface area contributed by atoms with Crippen LogP contribution in [0.25, 0.3) is 0 Å². The summed E-state index contributed by atoms with van der Waals surface area (Å²) in [7, 11) is 0. The van der Waals surface area contributed by atoms with Gasteiger partial charge in [0, 0.05) is 19.9 Å². The lowest BCUT2D eigenvalue weighted by atomic mass is 10.3. The summed E-state index contributed by atoms with van der Waals surface area (Å²) < 4.78 is 1.19. The maximum Gasteiger partial charge on any atom is 0.126 e. The largest absolute Gasteiger partial charge is 0.365 e. The Kier molecular flexibility index (Phi) is 3.61. The number of rotatable bonds is 3. The first-order valence-corrected chi connectivity index (χ1v) is 6.68. The molecule has 84 valence electrons. The van der Waals surface area contributed by atoms with Crippen LogP contribution in [-0.4, -0.2) is 4.98 Å². The molecule has 0 aromatic carbocycles. The molecule has 2 nitrogen and oxygen atoms in total. The van der Waals surface area contributed by atoms with Gasteiger partial charge in [-0.25, -0.2) is 4.98 Å². The van der Waals surface area contributed by atoms with E-state index in [0.717, 1.165) is 18.1 Å². The standard InChI is InChI=1S/C12H13BrN2S/c1-8-4-3-5-12(15-8)14-7-10-6-11(13)9(2)16-10/h3-6H,7H2,1-2H3,(H,14,15). The fraction of sp³-hybridized carbons (Fsp3) is 0.250. The van der Waals surface area contributed by atoms with Gasteiger partial charge in [-0.05, 0) is 48.0 Å². The number of pyridine rings is 1. The minimum Gasteiger partial charge on any atom is -0.365 e. The molecule has 2 heterocycles. The zero-order chi connectivity index (χ0) is 11.5. The zero-order valence-electron chi connectivity index (χ0n) is 9.25. The van der Waals surface area contributed by atoms with E-state index in [1.807, 2.05) is 25.1 Å². The lowest BCUT2D eigenvalue weighted by Gasteiger charge is -2.03. The van der Waals surface area contributed by atoms with E-state index in [-0.39, 0.29) is 0 Å². The first-order valence-electron chi connectivity index (χ1n) is 5.07. The Hall–Kier alpha value is -0.870. The molecule has 2 aromatic rings. The number of hydrogen-bond acceptors (Lipinski definition) is 3. The number of halogens is 1. The summed E-state index contributed by atoms with van der Waals surface area (Å²) in [4.78, 5) is 7.03. The second-order valence-corrected chi connectivity index (χ2v) is 5.83. The lowest BCUT2D eigenvalue weighted by Crippen LogP contribution is -1.99. The molecule has 0 amide bonds. The van der Waals surface area contributed by atoms with Gasteiger partial charge in [-0.1, -0.05) is 6.07 Å². The van der Waals surface area contributed by atoms with E-state index in [4.69, 9.17) is 0 Å². The van der Waals surface area contributed by atoms with Gasteiger partial charge in [0.2, 0.25) is 0 Å². The zero-order valence-corrected chi connectivity index (χ0v) is 11.7. The first kappa shape index (κ1) is 11.6. The summed E-state index contributed by atoms with van der Waals surface area (Å²) in [5.41, 5.74) is 1.04. The minimum atomic E-state index is 0.827. The van der Waals surface area contributed by atoms with E-state index in [9.17, 15) is 0 Å². The molecule has 4 heteroatoms. The van der Waals surface area contributed by atoms with Crippen LogP contribution >= 0.6 is 27.3 Å². The van der Waals surface area contributed by atoms with Crippen molar-refractivity contribution in [2.75, 3.05) is 5.32 Å². The van der Waals surface area contributed by atoms with Gasteiger partial charge in [0.05, 0.1) is 6.54 Å². The van der Waals surface area contributed by atoms with Crippen LogP contribution in [0.3, 0.4) is 0 Å². The number of anilines is 1. The molecule has 0 radical (unpaired) electrons. The first-order chi connectivity index (χ1) is 7.65. The van der Waals surface area contributed by atoms with Gasteiger partial charge in [0.25, 0.3) is 0 Å². The van der Waals surface area contributed by atoms with Gasteiger partial charge in [0.1, 0.15) is 5.82 Å². The highest BCUT2D eigenvalue weighted by atomic mass is 79.9. The number of aromatic nitrogens is 1. The van der Waals surface area contributed by atoms with E-state index in [1.165, 1.54) is 14.2 Å². The van der Waals surface area contributed by atoms with Crippen LogP contribution < -0.4 is 5.32 Å². The maximum absolute atomic E-state index is 4.40. The average molecular weight is 297 g/mol. The van der Waals surface area contributed by atoms with Crippen molar-refractivity contribution >= 4 is 33.1 Å². The third-order valence-electron chi connectivity index (χ3n) is 2.24. The molecular weight excluding hydrogens is 284 g/mol. The van der Waals surface area contributed by atoms with Crippen molar-refractivity contribution in [1.29, 1.82) is 0 Å². The third kappa shape index (κ3) is 2.83. The molecule has 0 bridgehead atoms. The molecule has 0 aliphatic rings. The molecule has 16 heavy (non-hydrogen) atoms. The van der Waals surface area contributed by atoms with Gasteiger partial charge in [-0.15, -0.1) is 11.3 Å². The SMILES string of the molecule is Cc1cccc(NCc2cc(Br)c(C)s2)n1. The summed E-state index contributed by atoms with van der Waals surface area (Å²) in [6, 6.07) is 8.16. The summed E-state index contributed by atoms with van der Waals surface area (Å²) in [5, 5.41) is 3.32. The summed E-state index contributed by atoms with van der Waals surface area (Å²) in [6.07, 6.45) is 0. The summed E-state index contributed by atoms with van der Waals surface area (Å²) >= 11 is 5.32. The van der Waals surface area contributed by atoms with E-state index < -0.39 is 0 Å². The number of nitrogens with zero attached hydrogens (tertiary/aromatic N) is 1. The molecule has 0 atom stereocenters. The lowest BCUT2D eigenvalue weighted by molar-refractivity contribution is 1.11. The second kappa shape index (κ2) is 4.97. The van der Waals surface area contributed by atoms with Gasteiger partial charge >= 0.3 is 0 Å². The second-order valence-electron chi connectivity index (χ2n) is 3.63. The quantitative estimate of drug-likeness (QED) is 0.921. The maximum atomic E-state index is 4.40. The van der Waals surface area contributed by atoms with E-state index >= 15 is 0 Å². The molecule has 2 aromatic heterocycles. The highest BCUT2D eigenvalue weighted by Gasteiger charge is 2.02. The van der Waals surface area contributed by atoms with Crippen molar-refractivity contribution in [2.45, 2.75) is 20.4 Å². The molecule has 0 aliphatic carbocycles. The van der Waals surface area contributed by atoms with Crippen molar-refractivity contribution in [3.63, 3.8) is 0 Å². The van der Waals surface area contributed by atoms with Crippen molar-refractivity contribution in [3.8, 4) is 0 Å². The molecule has 2 rings (SSSR count). The molecule has 0 unspecified atom stereocenters. The predicted octanol–water partition coefficient (Wildman–Crippen LogP) is 4.13. The Balaban J connectivity index is 2.02. The third-order valence-corrected chi connectivity index (χ3v) is 4.38. The molecule has 1 N–H and O–H groups in total. The highest BCUT2D eigenvalue weighted by Crippen LogP contribution is 2.26. The monoisotopic (exact) mass is 296 g/mol. The van der Waals surface area contributed by atoms with E-state index in [1.54, 1.807) is 11.3 Å². The average Bonchev–Trinajstić information content (AvgIpc) is 2.56. The molecule has 0 saturated carbocycles. The number of aryl methyl sites for hydroxylation is 2. The van der Waals surface area contributed by atoms with E-state index in [0.29, 0.717) is 0 Å². The number of thiophene rings is 1. The number of nitrogens with one attached hydrogen (secondary N) is 1. The van der Waals surface area contributed by atoms with Gasteiger partial charge in [-0.2, -0.15) is 0 Å². The van der Waals surface area contributed by atoms with Gasteiger partial charge in [0.15, 0.2) is 0 Å². The minimum absolute atomic E-state index is 0.827. The Bertz CT molecular complexity index is 474. The van der Waals surface area contributed by atoms with Crippen LogP contribution in [0.4, 0.5) is 5.82 Å². The molecule has 0 aliphatic heterocycles. The number of hydrogen-bond donors (Lipinski definition) is 1. The predicted molar refractivity (Wildman–Crippen MR) is 73.1 cm³/mol. The van der Waals surface area contributed by atoms with Crippen molar-refractivity contribution in [1.82, 2.24) is 4.98 Å². The Morgan fingerprint density at radius 1 is 1.38 bits per heavy atom. The van der Waals surface area contributed by atoms with Crippen LogP contribution in [0.2, 0.25) is 0 Å². The topological polar surface area (TPSA) is 24.9 Å². The molecule has 0 fully saturated rings. The van der Waals surface area contributed by atoms with Crippen molar-refractivity contribution in [3.05, 3.63) is 44.2 Å². The Labute approximate surface area is 108 Å². The molecule has 0 saturated heterocycles.